The minimum Gasteiger partial charge on any atom is -0.329 e. The van der Waals surface area contributed by atoms with Gasteiger partial charge in [-0.1, -0.05) is 13.3 Å². The van der Waals surface area contributed by atoms with Gasteiger partial charge in [-0.05, 0) is 38.3 Å². The molecule has 0 saturated carbocycles. The number of nitrogens with zero attached hydrogens (tertiary/aromatic N) is 2. The third kappa shape index (κ3) is 3.12. The zero-order chi connectivity index (χ0) is 13.8. The van der Waals surface area contributed by atoms with Crippen molar-refractivity contribution in [2.75, 3.05) is 6.54 Å². The average Bonchev–Trinajstić information content (AvgIpc) is 2.43. The van der Waals surface area contributed by atoms with Crippen LogP contribution in [0.5, 0.6) is 0 Å². The standard InChI is InChI=1S/C15H24FN3/c1-3-15(14-8-7-12(16)10-18-14)19-11(2)5-4-6-13(19)9-17/h7-8,10-11,13,15H,3-6,9,17H2,1-2H3. The zero-order valence-corrected chi connectivity index (χ0v) is 11.8. The van der Waals surface area contributed by atoms with Gasteiger partial charge >= 0.3 is 0 Å². The summed E-state index contributed by atoms with van der Waals surface area (Å²) in [6.45, 7) is 5.10. The van der Waals surface area contributed by atoms with Crippen molar-refractivity contribution in [2.45, 2.75) is 57.7 Å². The van der Waals surface area contributed by atoms with E-state index >= 15 is 0 Å². The van der Waals surface area contributed by atoms with Gasteiger partial charge in [0.15, 0.2) is 0 Å². The monoisotopic (exact) mass is 265 g/mol. The maximum Gasteiger partial charge on any atom is 0.141 e. The highest BCUT2D eigenvalue weighted by molar-refractivity contribution is 5.11. The fourth-order valence-electron chi connectivity index (χ4n) is 3.27. The van der Waals surface area contributed by atoms with E-state index in [9.17, 15) is 4.39 Å². The van der Waals surface area contributed by atoms with Crippen LogP contribution in [0.25, 0.3) is 0 Å². The molecule has 0 aromatic carbocycles. The van der Waals surface area contributed by atoms with Crippen molar-refractivity contribution in [1.82, 2.24) is 9.88 Å². The third-order valence-corrected chi connectivity index (χ3v) is 4.20. The molecule has 0 spiro atoms. The van der Waals surface area contributed by atoms with Crippen molar-refractivity contribution in [3.8, 4) is 0 Å². The molecule has 0 radical (unpaired) electrons. The molecule has 0 bridgehead atoms. The maximum atomic E-state index is 13.0. The highest BCUT2D eigenvalue weighted by Gasteiger charge is 2.33. The molecule has 19 heavy (non-hydrogen) atoms. The predicted octanol–water partition coefficient (Wildman–Crippen LogP) is 2.87. The lowest BCUT2D eigenvalue weighted by Gasteiger charge is -2.44. The Hall–Kier alpha value is -1.00. The molecule has 1 aromatic rings. The molecule has 0 aliphatic carbocycles. The van der Waals surface area contributed by atoms with E-state index in [0.717, 1.165) is 18.5 Å². The lowest BCUT2D eigenvalue weighted by Crippen LogP contribution is -2.50. The van der Waals surface area contributed by atoms with Gasteiger partial charge in [0.25, 0.3) is 0 Å². The van der Waals surface area contributed by atoms with Crippen LogP contribution in [-0.4, -0.2) is 28.5 Å². The molecule has 2 rings (SSSR count). The summed E-state index contributed by atoms with van der Waals surface area (Å²) in [5.41, 5.74) is 6.88. The van der Waals surface area contributed by atoms with Gasteiger partial charge in [0.05, 0.1) is 17.9 Å². The van der Waals surface area contributed by atoms with Crippen LogP contribution >= 0.6 is 0 Å². The maximum absolute atomic E-state index is 13.0. The minimum atomic E-state index is -0.277. The molecule has 0 amide bonds. The normalized spacial score (nSPS) is 26.3. The second-order valence-corrected chi connectivity index (χ2v) is 5.44. The van der Waals surface area contributed by atoms with E-state index in [0.29, 0.717) is 18.6 Å². The Morgan fingerprint density at radius 2 is 2.26 bits per heavy atom. The van der Waals surface area contributed by atoms with Gasteiger partial charge in [-0.3, -0.25) is 9.88 Å². The summed E-state index contributed by atoms with van der Waals surface area (Å²) in [6.07, 6.45) is 5.88. The number of hydrogen-bond donors (Lipinski definition) is 1. The SMILES string of the molecule is CCC(c1ccc(F)cn1)N1C(C)CCCC1CN. The molecule has 1 aromatic heterocycles. The van der Waals surface area contributed by atoms with Gasteiger partial charge in [-0.2, -0.15) is 0 Å². The lowest BCUT2D eigenvalue weighted by atomic mass is 9.92. The number of piperidine rings is 1. The van der Waals surface area contributed by atoms with Gasteiger partial charge in [0, 0.05) is 18.6 Å². The van der Waals surface area contributed by atoms with Crippen LogP contribution in [0.4, 0.5) is 4.39 Å². The Bertz CT molecular complexity index is 393. The van der Waals surface area contributed by atoms with E-state index in [-0.39, 0.29) is 11.9 Å². The van der Waals surface area contributed by atoms with Crippen molar-refractivity contribution >= 4 is 0 Å². The molecule has 2 N–H and O–H groups in total. The van der Waals surface area contributed by atoms with E-state index in [4.69, 9.17) is 5.73 Å². The van der Waals surface area contributed by atoms with Gasteiger partial charge in [-0.25, -0.2) is 4.39 Å². The number of rotatable bonds is 4. The first-order valence-electron chi connectivity index (χ1n) is 7.26. The predicted molar refractivity (Wildman–Crippen MR) is 75.2 cm³/mol. The number of halogens is 1. The first-order chi connectivity index (χ1) is 9.17. The van der Waals surface area contributed by atoms with Gasteiger partial charge < -0.3 is 5.73 Å². The van der Waals surface area contributed by atoms with Crippen LogP contribution in [0, 0.1) is 5.82 Å². The largest absolute Gasteiger partial charge is 0.329 e. The molecule has 3 nitrogen and oxygen atoms in total. The Kier molecular flexibility index (Phi) is 4.88. The van der Waals surface area contributed by atoms with E-state index in [1.54, 1.807) is 6.07 Å². The molecule has 2 heterocycles. The Morgan fingerprint density at radius 1 is 1.47 bits per heavy atom. The molecule has 3 atom stereocenters. The van der Waals surface area contributed by atoms with Crippen molar-refractivity contribution in [3.05, 3.63) is 29.8 Å². The Labute approximate surface area is 115 Å². The number of hydrogen-bond acceptors (Lipinski definition) is 3. The van der Waals surface area contributed by atoms with Gasteiger partial charge in [-0.15, -0.1) is 0 Å². The van der Waals surface area contributed by atoms with Crippen LogP contribution in [0.3, 0.4) is 0 Å². The molecule has 1 fully saturated rings. The number of nitrogens with two attached hydrogens (primary N) is 1. The minimum absolute atomic E-state index is 0.240. The molecule has 4 heteroatoms. The van der Waals surface area contributed by atoms with Gasteiger partial charge in [0.1, 0.15) is 5.82 Å². The average molecular weight is 265 g/mol. The van der Waals surface area contributed by atoms with Gasteiger partial charge in [0.2, 0.25) is 0 Å². The summed E-state index contributed by atoms with van der Waals surface area (Å²) in [7, 11) is 0. The number of pyridine rings is 1. The Balaban J connectivity index is 2.25. The quantitative estimate of drug-likeness (QED) is 0.910. The summed E-state index contributed by atoms with van der Waals surface area (Å²) in [4.78, 5) is 6.76. The summed E-state index contributed by atoms with van der Waals surface area (Å²) < 4.78 is 13.0. The third-order valence-electron chi connectivity index (χ3n) is 4.20. The van der Waals surface area contributed by atoms with Crippen LogP contribution < -0.4 is 5.73 Å². The van der Waals surface area contributed by atoms with Crippen molar-refractivity contribution in [1.29, 1.82) is 0 Å². The summed E-state index contributed by atoms with van der Waals surface area (Å²) >= 11 is 0. The molecule has 1 saturated heterocycles. The molecule has 1 aliphatic heterocycles. The van der Waals surface area contributed by atoms with E-state index < -0.39 is 0 Å². The highest BCUT2D eigenvalue weighted by Crippen LogP contribution is 2.33. The number of aromatic nitrogens is 1. The second-order valence-electron chi connectivity index (χ2n) is 5.44. The van der Waals surface area contributed by atoms with E-state index in [1.807, 2.05) is 0 Å². The molecule has 3 unspecified atom stereocenters. The first-order valence-corrected chi connectivity index (χ1v) is 7.26. The fourth-order valence-corrected chi connectivity index (χ4v) is 3.27. The Morgan fingerprint density at radius 3 is 2.84 bits per heavy atom. The fraction of sp³-hybridized carbons (Fsp3) is 0.667. The van der Waals surface area contributed by atoms with Crippen LogP contribution in [-0.2, 0) is 0 Å². The lowest BCUT2D eigenvalue weighted by molar-refractivity contribution is 0.0453. The summed E-state index contributed by atoms with van der Waals surface area (Å²) in [6, 6.07) is 4.47. The smallest absolute Gasteiger partial charge is 0.141 e. The van der Waals surface area contributed by atoms with Crippen LogP contribution in [0.15, 0.2) is 18.3 Å². The van der Waals surface area contributed by atoms with Crippen LogP contribution in [0.2, 0.25) is 0 Å². The van der Waals surface area contributed by atoms with E-state index in [1.165, 1.54) is 25.1 Å². The zero-order valence-electron chi connectivity index (χ0n) is 11.8. The molecular weight excluding hydrogens is 241 g/mol. The summed E-state index contributed by atoms with van der Waals surface area (Å²) in [5, 5.41) is 0. The van der Waals surface area contributed by atoms with Crippen molar-refractivity contribution < 1.29 is 4.39 Å². The van der Waals surface area contributed by atoms with Crippen molar-refractivity contribution in [3.63, 3.8) is 0 Å². The molecular formula is C15H24FN3. The topological polar surface area (TPSA) is 42.2 Å². The summed E-state index contributed by atoms with van der Waals surface area (Å²) in [5.74, 6) is -0.277. The first kappa shape index (κ1) is 14.4. The van der Waals surface area contributed by atoms with E-state index in [2.05, 4.69) is 23.7 Å². The second kappa shape index (κ2) is 6.44. The molecule has 1 aliphatic rings. The van der Waals surface area contributed by atoms with Crippen LogP contribution in [0.1, 0.15) is 51.3 Å². The highest BCUT2D eigenvalue weighted by atomic mass is 19.1. The number of likely N-dealkylation sites (tertiary alicyclic amines) is 1. The van der Waals surface area contributed by atoms with Crippen molar-refractivity contribution in [2.24, 2.45) is 5.73 Å². The molecule has 106 valence electrons.